The Balaban J connectivity index is 1.77. The molecule has 1 spiro atoms. The van der Waals surface area contributed by atoms with Crippen LogP contribution < -0.4 is 10.2 Å². The van der Waals surface area contributed by atoms with Crippen LogP contribution in [0.4, 0.5) is 5.69 Å². The van der Waals surface area contributed by atoms with E-state index in [-0.39, 0.29) is 0 Å². The molecule has 0 radical (unpaired) electrons. The van der Waals surface area contributed by atoms with E-state index in [2.05, 4.69) is 16.3 Å². The van der Waals surface area contributed by atoms with Crippen molar-refractivity contribution in [2.45, 2.75) is 19.3 Å². The van der Waals surface area contributed by atoms with E-state index in [9.17, 15) is 0 Å². The molecule has 0 bridgehead atoms. The summed E-state index contributed by atoms with van der Waals surface area (Å²) in [5.41, 5.74) is 2.20. The highest BCUT2D eigenvalue weighted by Crippen LogP contribution is 2.40. The molecule has 3 rings (SSSR count). The Labute approximate surface area is 119 Å². The van der Waals surface area contributed by atoms with Crippen LogP contribution in [-0.2, 0) is 0 Å². The van der Waals surface area contributed by atoms with Crippen molar-refractivity contribution in [1.82, 2.24) is 5.32 Å². The molecule has 1 aromatic rings. The fraction of sp³-hybridized carbons (Fsp3) is 0.533. The van der Waals surface area contributed by atoms with Gasteiger partial charge in [-0.3, -0.25) is 0 Å². The highest BCUT2D eigenvalue weighted by molar-refractivity contribution is 6.32. The molecule has 2 aliphatic rings. The first kappa shape index (κ1) is 12.8. The maximum atomic E-state index is 8.92. The predicted molar refractivity (Wildman–Crippen MR) is 77.5 cm³/mol. The minimum absolute atomic E-state index is 0.492. The van der Waals surface area contributed by atoms with Crippen LogP contribution in [0.1, 0.15) is 24.8 Å². The second kappa shape index (κ2) is 5.03. The Hall–Kier alpha value is -1.24. The summed E-state index contributed by atoms with van der Waals surface area (Å²) in [6.07, 6.45) is 3.81. The summed E-state index contributed by atoms with van der Waals surface area (Å²) in [6, 6.07) is 7.88. The molecule has 1 N–H and O–H groups in total. The van der Waals surface area contributed by atoms with Crippen LogP contribution in [0.2, 0.25) is 5.02 Å². The normalized spacial score (nSPS) is 21.6. The fourth-order valence-electron chi connectivity index (χ4n) is 3.31. The molecule has 0 atom stereocenters. The van der Waals surface area contributed by atoms with Crippen molar-refractivity contribution < 1.29 is 0 Å². The minimum atomic E-state index is 0.492. The lowest BCUT2D eigenvalue weighted by atomic mass is 9.78. The van der Waals surface area contributed by atoms with Gasteiger partial charge < -0.3 is 10.2 Å². The number of hydrogen-bond acceptors (Lipinski definition) is 3. The zero-order valence-electron chi connectivity index (χ0n) is 11.0. The van der Waals surface area contributed by atoms with Crippen molar-refractivity contribution in [3.05, 3.63) is 28.8 Å². The van der Waals surface area contributed by atoms with E-state index in [4.69, 9.17) is 16.9 Å². The first-order valence-electron chi connectivity index (χ1n) is 6.88. The van der Waals surface area contributed by atoms with Gasteiger partial charge in [-0.25, -0.2) is 0 Å². The maximum Gasteiger partial charge on any atom is 0.101 e. The third-order valence-electron chi connectivity index (χ3n) is 4.54. The highest BCUT2D eigenvalue weighted by atomic mass is 35.5. The van der Waals surface area contributed by atoms with E-state index in [1.165, 1.54) is 19.3 Å². The van der Waals surface area contributed by atoms with Gasteiger partial charge in [0.2, 0.25) is 0 Å². The van der Waals surface area contributed by atoms with Crippen molar-refractivity contribution in [1.29, 1.82) is 5.26 Å². The third kappa shape index (κ3) is 2.43. The summed E-state index contributed by atoms with van der Waals surface area (Å²) in [6.45, 7) is 4.50. The number of rotatable bonds is 1. The summed E-state index contributed by atoms with van der Waals surface area (Å²) >= 11 is 6.13. The van der Waals surface area contributed by atoms with Gasteiger partial charge in [0.25, 0.3) is 0 Å². The van der Waals surface area contributed by atoms with Gasteiger partial charge in [0.1, 0.15) is 6.07 Å². The van der Waals surface area contributed by atoms with Crippen LogP contribution in [0.25, 0.3) is 0 Å². The lowest BCUT2D eigenvalue weighted by molar-refractivity contribution is 0.232. The molecule has 19 heavy (non-hydrogen) atoms. The summed E-state index contributed by atoms with van der Waals surface area (Å²) < 4.78 is 0. The Morgan fingerprint density at radius 3 is 2.74 bits per heavy atom. The van der Waals surface area contributed by atoms with Gasteiger partial charge in [-0.2, -0.15) is 5.26 Å². The lowest BCUT2D eigenvalue weighted by Crippen LogP contribution is -2.38. The summed E-state index contributed by atoms with van der Waals surface area (Å²) in [4.78, 5) is 2.42. The standard InChI is InChI=1S/C15H18ClN3/c16-14-9-13(2-1-12(14)10-17)19-8-5-15(11-19)3-6-18-7-4-15/h1-2,9,18H,3-8,11H2. The predicted octanol–water partition coefficient (Wildman–Crippen LogP) is 2.79. The van der Waals surface area contributed by atoms with Crippen LogP contribution in [0.3, 0.4) is 0 Å². The Bertz CT molecular complexity index is 515. The quantitative estimate of drug-likeness (QED) is 0.857. The van der Waals surface area contributed by atoms with Crippen molar-refractivity contribution in [3.63, 3.8) is 0 Å². The summed E-state index contributed by atoms with van der Waals surface area (Å²) in [5, 5.41) is 12.9. The SMILES string of the molecule is N#Cc1ccc(N2CCC3(CCNCC3)C2)cc1Cl. The van der Waals surface area contributed by atoms with Crippen molar-refractivity contribution in [2.24, 2.45) is 5.41 Å². The average Bonchev–Trinajstić information content (AvgIpc) is 2.83. The molecule has 0 saturated carbocycles. The maximum absolute atomic E-state index is 8.92. The van der Waals surface area contributed by atoms with Crippen LogP contribution in [-0.4, -0.2) is 26.2 Å². The van der Waals surface area contributed by atoms with Crippen LogP contribution >= 0.6 is 11.6 Å². The zero-order chi connectivity index (χ0) is 13.3. The van der Waals surface area contributed by atoms with E-state index in [1.807, 2.05) is 18.2 Å². The molecular weight excluding hydrogens is 258 g/mol. The molecule has 0 aromatic heterocycles. The molecule has 3 nitrogen and oxygen atoms in total. The molecule has 2 aliphatic heterocycles. The van der Waals surface area contributed by atoms with Gasteiger partial charge in [0, 0.05) is 18.8 Å². The van der Waals surface area contributed by atoms with E-state index >= 15 is 0 Å². The molecule has 100 valence electrons. The second-order valence-corrected chi connectivity index (χ2v) is 6.10. The van der Waals surface area contributed by atoms with Crippen LogP contribution in [0.15, 0.2) is 18.2 Å². The number of hydrogen-bond donors (Lipinski definition) is 1. The van der Waals surface area contributed by atoms with E-state index in [1.54, 1.807) is 0 Å². The number of nitrogens with zero attached hydrogens (tertiary/aromatic N) is 2. The van der Waals surface area contributed by atoms with Gasteiger partial charge in [-0.15, -0.1) is 0 Å². The number of anilines is 1. The number of halogens is 1. The van der Waals surface area contributed by atoms with Gasteiger partial charge in [0.15, 0.2) is 0 Å². The number of nitriles is 1. The summed E-state index contributed by atoms with van der Waals surface area (Å²) in [5.74, 6) is 0. The van der Waals surface area contributed by atoms with E-state index in [0.29, 0.717) is 16.0 Å². The fourth-order valence-corrected chi connectivity index (χ4v) is 3.53. The molecule has 2 saturated heterocycles. The van der Waals surface area contributed by atoms with Gasteiger partial charge in [-0.1, -0.05) is 11.6 Å². The molecule has 4 heteroatoms. The van der Waals surface area contributed by atoms with Gasteiger partial charge in [0.05, 0.1) is 10.6 Å². The molecule has 2 fully saturated rings. The number of piperidine rings is 1. The smallest absolute Gasteiger partial charge is 0.101 e. The molecule has 0 amide bonds. The number of benzene rings is 1. The third-order valence-corrected chi connectivity index (χ3v) is 4.85. The molecule has 0 unspecified atom stereocenters. The molecule has 2 heterocycles. The molecule has 0 aliphatic carbocycles. The van der Waals surface area contributed by atoms with Gasteiger partial charge >= 0.3 is 0 Å². The average molecular weight is 276 g/mol. The Morgan fingerprint density at radius 1 is 1.26 bits per heavy atom. The Morgan fingerprint density at radius 2 is 2.05 bits per heavy atom. The topological polar surface area (TPSA) is 39.1 Å². The molecular formula is C15H18ClN3. The minimum Gasteiger partial charge on any atom is -0.371 e. The van der Waals surface area contributed by atoms with Crippen molar-refractivity contribution in [3.8, 4) is 6.07 Å². The van der Waals surface area contributed by atoms with Gasteiger partial charge in [-0.05, 0) is 56.0 Å². The van der Waals surface area contributed by atoms with Crippen LogP contribution in [0.5, 0.6) is 0 Å². The first-order chi connectivity index (χ1) is 9.22. The lowest BCUT2D eigenvalue weighted by Gasteiger charge is -2.34. The first-order valence-corrected chi connectivity index (χ1v) is 7.26. The number of nitrogens with one attached hydrogen (secondary N) is 1. The summed E-state index contributed by atoms with van der Waals surface area (Å²) in [7, 11) is 0. The van der Waals surface area contributed by atoms with Crippen LogP contribution in [0, 0.1) is 16.7 Å². The molecule has 1 aromatic carbocycles. The highest BCUT2D eigenvalue weighted by Gasteiger charge is 2.38. The zero-order valence-corrected chi connectivity index (χ0v) is 11.7. The monoisotopic (exact) mass is 275 g/mol. The largest absolute Gasteiger partial charge is 0.371 e. The van der Waals surface area contributed by atoms with E-state index in [0.717, 1.165) is 31.9 Å². The van der Waals surface area contributed by atoms with Crippen molar-refractivity contribution >= 4 is 17.3 Å². The second-order valence-electron chi connectivity index (χ2n) is 5.70. The van der Waals surface area contributed by atoms with Crippen molar-refractivity contribution in [2.75, 3.05) is 31.1 Å². The van der Waals surface area contributed by atoms with E-state index < -0.39 is 0 Å². The Kier molecular flexibility index (Phi) is 3.38.